The maximum absolute atomic E-state index is 11.8. The second-order valence-electron chi connectivity index (χ2n) is 4.75. The van der Waals surface area contributed by atoms with Gasteiger partial charge in [0.1, 0.15) is 12.3 Å². The summed E-state index contributed by atoms with van der Waals surface area (Å²) in [6.45, 7) is 1.14. The van der Waals surface area contributed by atoms with Gasteiger partial charge in [0.15, 0.2) is 0 Å². The van der Waals surface area contributed by atoms with Gasteiger partial charge in [-0.3, -0.25) is 14.3 Å². The lowest BCUT2D eigenvalue weighted by Crippen LogP contribution is -2.34. The molecule has 0 aliphatic carbocycles. The molecule has 10 heteroatoms. The smallest absolute Gasteiger partial charge is 0.330 e. The van der Waals surface area contributed by atoms with Crippen LogP contribution in [0.2, 0.25) is 0 Å². The Morgan fingerprint density at radius 1 is 1.67 bits per heavy atom. The minimum atomic E-state index is -0.906. The molecule has 1 saturated heterocycles. The van der Waals surface area contributed by atoms with Crippen molar-refractivity contribution < 1.29 is 14.9 Å². The van der Waals surface area contributed by atoms with Crippen LogP contribution in [0.5, 0.6) is 0 Å². The van der Waals surface area contributed by atoms with Crippen molar-refractivity contribution in [2.45, 2.75) is 37.8 Å². The lowest BCUT2D eigenvalue weighted by Gasteiger charge is -2.16. The number of aromatic amines is 1. The first kappa shape index (κ1) is 15.3. The molecule has 114 valence electrons. The first-order chi connectivity index (χ1) is 9.97. The van der Waals surface area contributed by atoms with Gasteiger partial charge < -0.3 is 14.9 Å². The van der Waals surface area contributed by atoms with E-state index in [1.54, 1.807) is 0 Å². The van der Waals surface area contributed by atoms with Gasteiger partial charge in [0.25, 0.3) is 5.56 Å². The number of aromatic nitrogens is 2. The van der Waals surface area contributed by atoms with Crippen LogP contribution >= 0.6 is 0 Å². The summed E-state index contributed by atoms with van der Waals surface area (Å²) in [6, 6.07) is -0.759. The lowest BCUT2D eigenvalue weighted by molar-refractivity contribution is -0.0460. The molecule has 0 saturated carbocycles. The summed E-state index contributed by atoms with van der Waals surface area (Å²) in [6.07, 6.45) is -1.15. The number of hydrogen-bond donors (Lipinski definition) is 3. The number of nitrogens with one attached hydrogen (secondary N) is 1. The van der Waals surface area contributed by atoms with E-state index in [1.807, 2.05) is 0 Å². The van der Waals surface area contributed by atoms with Crippen molar-refractivity contribution in [3.8, 4) is 0 Å². The number of aliphatic hydroxyl groups is 2. The number of ether oxygens (including phenoxy) is 1. The van der Waals surface area contributed by atoms with Gasteiger partial charge in [-0.25, -0.2) is 4.79 Å². The topological polar surface area (TPSA) is 153 Å². The molecule has 0 amide bonds. The lowest BCUT2D eigenvalue weighted by atomic mass is 10.2. The van der Waals surface area contributed by atoms with Gasteiger partial charge >= 0.3 is 5.69 Å². The Morgan fingerprint density at radius 2 is 2.38 bits per heavy atom. The fourth-order valence-electron chi connectivity index (χ4n) is 2.20. The molecule has 10 nitrogen and oxygen atoms in total. The zero-order chi connectivity index (χ0) is 15.6. The van der Waals surface area contributed by atoms with Gasteiger partial charge in [-0.05, 0) is 5.53 Å². The highest BCUT2D eigenvalue weighted by Gasteiger charge is 2.35. The van der Waals surface area contributed by atoms with E-state index in [0.29, 0.717) is 0 Å². The van der Waals surface area contributed by atoms with Crippen LogP contribution in [-0.2, 0) is 4.74 Å². The standard InChI is InChI=1S/C11H15N5O5/c1-5(14-15-12)6-3-16(11(20)13-10(6)19)9-2-7(18)8(4-17)21-9/h3,5,7-9,17-18H,2,4H2,1H3,(H,13,19,20)/t5-,7+,8-,9-/m1/s1. The highest BCUT2D eigenvalue weighted by atomic mass is 16.5. The Labute approximate surface area is 118 Å². The molecule has 0 spiro atoms. The van der Waals surface area contributed by atoms with Crippen LogP contribution < -0.4 is 11.2 Å². The van der Waals surface area contributed by atoms with Crippen LogP contribution in [0.3, 0.4) is 0 Å². The quantitative estimate of drug-likeness (QED) is 0.390. The summed E-state index contributed by atoms with van der Waals surface area (Å²) in [7, 11) is 0. The van der Waals surface area contributed by atoms with Crippen molar-refractivity contribution in [3.63, 3.8) is 0 Å². The minimum Gasteiger partial charge on any atom is -0.394 e. The molecular weight excluding hydrogens is 282 g/mol. The number of H-pyrrole nitrogens is 1. The van der Waals surface area contributed by atoms with Crippen molar-refractivity contribution in [1.29, 1.82) is 0 Å². The van der Waals surface area contributed by atoms with E-state index in [-0.39, 0.29) is 18.6 Å². The van der Waals surface area contributed by atoms with Crippen molar-refractivity contribution in [2.24, 2.45) is 5.11 Å². The first-order valence-electron chi connectivity index (χ1n) is 6.32. The van der Waals surface area contributed by atoms with E-state index in [0.717, 1.165) is 4.57 Å². The molecule has 0 radical (unpaired) electrons. The van der Waals surface area contributed by atoms with Gasteiger partial charge in [0.05, 0.1) is 18.8 Å². The third kappa shape index (κ3) is 2.98. The summed E-state index contributed by atoms with van der Waals surface area (Å²) in [4.78, 5) is 28.3. The van der Waals surface area contributed by atoms with Gasteiger partial charge in [0.2, 0.25) is 0 Å². The van der Waals surface area contributed by atoms with Crippen LogP contribution in [0, 0.1) is 0 Å². The molecule has 1 aliphatic rings. The molecule has 1 fully saturated rings. The summed E-state index contributed by atoms with van der Waals surface area (Å²) in [5, 5.41) is 22.1. The number of aliphatic hydroxyl groups excluding tert-OH is 2. The molecule has 1 aromatic rings. The van der Waals surface area contributed by atoms with Crippen molar-refractivity contribution in [2.75, 3.05) is 6.61 Å². The molecular formula is C11H15N5O5. The maximum Gasteiger partial charge on any atom is 0.330 e. The summed E-state index contributed by atoms with van der Waals surface area (Å²) in [5.74, 6) is 0. The number of hydrogen-bond acceptors (Lipinski definition) is 6. The SMILES string of the molecule is C[C@@H](N=[N+]=[N-])c1cn([C@H]2C[C@H](O)[C@@H](CO)O2)c(=O)[nH]c1=O. The number of azide groups is 1. The van der Waals surface area contributed by atoms with E-state index in [1.165, 1.54) is 13.1 Å². The molecule has 4 atom stereocenters. The number of nitrogens with zero attached hydrogens (tertiary/aromatic N) is 4. The van der Waals surface area contributed by atoms with Gasteiger partial charge in [-0.1, -0.05) is 12.0 Å². The van der Waals surface area contributed by atoms with E-state index in [4.69, 9.17) is 15.4 Å². The van der Waals surface area contributed by atoms with Crippen molar-refractivity contribution in [1.82, 2.24) is 9.55 Å². The Morgan fingerprint density at radius 3 is 2.95 bits per heavy atom. The minimum absolute atomic E-state index is 0.104. The fourth-order valence-corrected chi connectivity index (χ4v) is 2.20. The van der Waals surface area contributed by atoms with E-state index in [2.05, 4.69) is 15.0 Å². The zero-order valence-corrected chi connectivity index (χ0v) is 11.2. The van der Waals surface area contributed by atoms with E-state index in [9.17, 15) is 14.7 Å². The summed E-state index contributed by atoms with van der Waals surface area (Å²) >= 11 is 0. The van der Waals surface area contributed by atoms with Gasteiger partial charge in [-0.15, -0.1) is 0 Å². The normalized spacial score (nSPS) is 26.3. The van der Waals surface area contributed by atoms with Crippen LogP contribution in [-0.4, -0.2) is 38.6 Å². The first-order valence-corrected chi connectivity index (χ1v) is 6.32. The van der Waals surface area contributed by atoms with Crippen LogP contribution in [0.1, 0.15) is 31.2 Å². The van der Waals surface area contributed by atoms with E-state index < -0.39 is 35.7 Å². The Balaban J connectivity index is 2.41. The molecule has 0 bridgehead atoms. The monoisotopic (exact) mass is 297 g/mol. The maximum atomic E-state index is 11.8. The molecule has 0 aromatic carbocycles. The summed E-state index contributed by atoms with van der Waals surface area (Å²) in [5.41, 5.74) is 7.18. The molecule has 1 aliphatic heterocycles. The Hall–Kier alpha value is -2.13. The zero-order valence-electron chi connectivity index (χ0n) is 11.2. The Bertz CT molecular complexity index is 676. The average molecular weight is 297 g/mol. The number of rotatable bonds is 4. The highest BCUT2D eigenvalue weighted by Crippen LogP contribution is 2.27. The van der Waals surface area contributed by atoms with Crippen molar-refractivity contribution in [3.05, 3.63) is 43.0 Å². The third-order valence-electron chi connectivity index (χ3n) is 3.36. The Kier molecular flexibility index (Phi) is 4.43. The van der Waals surface area contributed by atoms with Crippen LogP contribution in [0.25, 0.3) is 10.4 Å². The molecule has 2 rings (SSSR count). The molecule has 21 heavy (non-hydrogen) atoms. The predicted octanol–water partition coefficient (Wildman–Crippen LogP) is -0.451. The average Bonchev–Trinajstić information content (AvgIpc) is 2.80. The molecule has 3 N–H and O–H groups in total. The predicted molar refractivity (Wildman–Crippen MR) is 70.5 cm³/mol. The second-order valence-corrected chi connectivity index (χ2v) is 4.75. The van der Waals surface area contributed by atoms with Crippen LogP contribution in [0.4, 0.5) is 0 Å². The van der Waals surface area contributed by atoms with E-state index >= 15 is 0 Å². The second kappa shape index (κ2) is 6.10. The summed E-state index contributed by atoms with van der Waals surface area (Å²) < 4.78 is 6.47. The molecule has 0 unspecified atom stereocenters. The van der Waals surface area contributed by atoms with Crippen molar-refractivity contribution >= 4 is 0 Å². The molecule has 1 aromatic heterocycles. The van der Waals surface area contributed by atoms with Crippen LogP contribution in [0.15, 0.2) is 20.9 Å². The van der Waals surface area contributed by atoms with Gasteiger partial charge in [0, 0.05) is 23.1 Å². The van der Waals surface area contributed by atoms with Gasteiger partial charge in [-0.2, -0.15) is 0 Å². The highest BCUT2D eigenvalue weighted by molar-refractivity contribution is 5.10. The fraction of sp³-hybridized carbons (Fsp3) is 0.636. The molecule has 2 heterocycles. The largest absolute Gasteiger partial charge is 0.394 e. The third-order valence-corrected chi connectivity index (χ3v) is 3.36.